The highest BCUT2D eigenvalue weighted by atomic mass is 35.5. The van der Waals surface area contributed by atoms with Crippen LogP contribution in [-0.4, -0.2) is 20.9 Å². The van der Waals surface area contributed by atoms with Gasteiger partial charge in [-0.2, -0.15) is 25.3 Å². The van der Waals surface area contributed by atoms with Crippen molar-refractivity contribution in [3.8, 4) is 0 Å². The average molecular weight is 569 g/mol. The summed E-state index contributed by atoms with van der Waals surface area (Å²) in [6.45, 7) is 0. The number of para-hydroxylation sites is 3. The first-order valence-electron chi connectivity index (χ1n) is 11.5. The summed E-state index contributed by atoms with van der Waals surface area (Å²) >= 11 is 22.5. The molecule has 0 fully saturated rings. The minimum Gasteiger partial charge on any atom is -0.350 e. The molecular weight excluding hydrogens is 545 g/mol. The summed E-state index contributed by atoms with van der Waals surface area (Å²) in [5.41, 5.74) is 3.35. The molecule has 2 unspecified atom stereocenters. The van der Waals surface area contributed by atoms with Crippen LogP contribution in [0.15, 0.2) is 79.1 Å². The third-order valence-electron chi connectivity index (χ3n) is 6.51. The van der Waals surface area contributed by atoms with E-state index in [-0.39, 0.29) is 15.7 Å². The number of aryl methyl sites for hydroxylation is 2. The fourth-order valence-corrected chi connectivity index (χ4v) is 5.93. The van der Waals surface area contributed by atoms with Crippen LogP contribution >= 0.6 is 48.5 Å². The van der Waals surface area contributed by atoms with Crippen molar-refractivity contribution >= 4 is 87.8 Å². The number of halogens is 2. The van der Waals surface area contributed by atoms with Crippen molar-refractivity contribution in [2.75, 3.05) is 4.90 Å². The van der Waals surface area contributed by atoms with Gasteiger partial charge in [0.2, 0.25) is 0 Å². The minimum atomic E-state index is -0.963. The zero-order chi connectivity index (χ0) is 26.4. The normalized spacial score (nSPS) is 13.1. The lowest BCUT2D eigenvalue weighted by atomic mass is 10.1. The summed E-state index contributed by atoms with van der Waals surface area (Å²) in [6, 6.07) is 20.3. The van der Waals surface area contributed by atoms with Gasteiger partial charge in [-0.3, -0.25) is 9.59 Å². The Labute approximate surface area is 235 Å². The molecule has 9 heteroatoms. The summed E-state index contributed by atoms with van der Waals surface area (Å²) < 4.78 is 3.85. The largest absolute Gasteiger partial charge is 0.350 e. The Balaban J connectivity index is 1.63. The molecule has 37 heavy (non-hydrogen) atoms. The number of aromatic nitrogens is 2. The molecule has 2 heterocycles. The maximum atomic E-state index is 14.1. The molecule has 5 aromatic rings. The van der Waals surface area contributed by atoms with Crippen LogP contribution in [0.4, 0.5) is 5.69 Å². The van der Waals surface area contributed by atoms with E-state index in [0.717, 1.165) is 26.7 Å². The number of carbonyl (C=O) groups excluding carboxylic acids is 2. The van der Waals surface area contributed by atoms with Crippen molar-refractivity contribution in [3.05, 3.63) is 100 Å². The second-order valence-electron chi connectivity index (χ2n) is 8.81. The van der Waals surface area contributed by atoms with Crippen molar-refractivity contribution in [2.24, 2.45) is 14.1 Å². The number of imide groups is 1. The Kier molecular flexibility index (Phi) is 7.07. The van der Waals surface area contributed by atoms with Crippen molar-refractivity contribution in [3.63, 3.8) is 0 Å². The molecule has 188 valence electrons. The predicted molar refractivity (Wildman–Crippen MR) is 158 cm³/mol. The van der Waals surface area contributed by atoms with Crippen LogP contribution in [-0.2, 0) is 23.7 Å². The van der Waals surface area contributed by atoms with Crippen molar-refractivity contribution < 1.29 is 9.59 Å². The number of hydrogen-bond donors (Lipinski definition) is 2. The topological polar surface area (TPSA) is 47.2 Å². The molecule has 2 atom stereocenters. The van der Waals surface area contributed by atoms with E-state index in [4.69, 9.17) is 48.5 Å². The Morgan fingerprint density at radius 1 is 0.703 bits per heavy atom. The van der Waals surface area contributed by atoms with E-state index in [9.17, 15) is 9.59 Å². The molecule has 2 aromatic heterocycles. The predicted octanol–water partition coefficient (Wildman–Crippen LogP) is 7.18. The number of nitrogens with zero attached hydrogens (tertiary/aromatic N) is 3. The Hall–Kier alpha value is -2.84. The van der Waals surface area contributed by atoms with Crippen LogP contribution < -0.4 is 4.90 Å². The van der Waals surface area contributed by atoms with Gasteiger partial charge in [0.05, 0.1) is 15.7 Å². The van der Waals surface area contributed by atoms with Crippen LogP contribution in [0.5, 0.6) is 0 Å². The first-order chi connectivity index (χ1) is 17.7. The van der Waals surface area contributed by atoms with E-state index >= 15 is 0 Å². The Morgan fingerprint density at radius 2 is 1.11 bits per heavy atom. The van der Waals surface area contributed by atoms with E-state index in [2.05, 4.69) is 0 Å². The van der Waals surface area contributed by atoms with Crippen LogP contribution in [0.25, 0.3) is 21.8 Å². The second kappa shape index (κ2) is 10.1. The van der Waals surface area contributed by atoms with Gasteiger partial charge in [0.1, 0.15) is 10.5 Å². The third-order valence-corrected chi connectivity index (χ3v) is 8.12. The van der Waals surface area contributed by atoms with E-state index in [1.807, 2.05) is 84.2 Å². The van der Waals surface area contributed by atoms with Crippen LogP contribution in [0.2, 0.25) is 10.0 Å². The monoisotopic (exact) mass is 567 g/mol. The second-order valence-corrected chi connectivity index (χ2v) is 10.7. The maximum Gasteiger partial charge on any atom is 0.251 e. The van der Waals surface area contributed by atoms with Gasteiger partial charge in [0.25, 0.3) is 11.8 Å². The lowest BCUT2D eigenvalue weighted by molar-refractivity contribution is -0.126. The lowest BCUT2D eigenvalue weighted by Crippen LogP contribution is -2.41. The van der Waals surface area contributed by atoms with Crippen LogP contribution in [0.1, 0.15) is 21.6 Å². The molecule has 2 amide bonds. The molecule has 5 rings (SSSR count). The average Bonchev–Trinajstić information content (AvgIpc) is 3.42. The molecule has 0 aliphatic rings. The number of thiol groups is 2. The highest BCUT2D eigenvalue weighted by Crippen LogP contribution is 2.41. The number of hydrogen-bond acceptors (Lipinski definition) is 4. The van der Waals surface area contributed by atoms with Crippen molar-refractivity contribution in [1.82, 2.24) is 9.13 Å². The van der Waals surface area contributed by atoms with E-state index in [1.165, 1.54) is 0 Å². The van der Waals surface area contributed by atoms with Gasteiger partial charge in [-0.25, -0.2) is 4.90 Å². The van der Waals surface area contributed by atoms with Gasteiger partial charge in [-0.15, -0.1) is 0 Å². The fourth-order valence-electron chi connectivity index (χ4n) is 4.72. The van der Waals surface area contributed by atoms with E-state index < -0.39 is 22.3 Å². The molecule has 0 bridgehead atoms. The number of amides is 2. The third kappa shape index (κ3) is 4.44. The molecular formula is C28H23Cl2N3O2S2. The Morgan fingerprint density at radius 3 is 1.54 bits per heavy atom. The molecule has 0 saturated heterocycles. The first kappa shape index (κ1) is 25.8. The number of rotatable bonds is 5. The molecule has 3 aromatic carbocycles. The molecule has 0 saturated carbocycles. The number of fused-ring (bicyclic) bond motifs is 2. The van der Waals surface area contributed by atoms with Gasteiger partial charge in [0.15, 0.2) is 0 Å². The number of carbonyl (C=O) groups is 2. The SMILES string of the molecule is Cn1cc(C(S)C(=O)N(C(=O)C(S)c2cn(C)c3ccccc23)c2c(Cl)cccc2Cl)c2ccccc21. The molecule has 5 nitrogen and oxygen atoms in total. The standard InChI is InChI=1S/C28H23Cl2N3O2S2/c1-31-14-18(16-8-3-5-12-22(16)31)25(36)27(34)33(24-20(29)10-7-11-21(24)30)28(35)26(37)19-15-32(2)23-13-6-4-9-17(19)23/h3-15,25-26,36-37H,1-2H3. The number of benzene rings is 3. The fraction of sp³-hybridized carbons (Fsp3) is 0.143. The van der Waals surface area contributed by atoms with E-state index in [1.54, 1.807) is 18.2 Å². The highest BCUT2D eigenvalue weighted by molar-refractivity contribution is 7.81. The molecule has 0 aliphatic heterocycles. The molecule has 0 radical (unpaired) electrons. The summed E-state index contributed by atoms with van der Waals surface area (Å²) in [4.78, 5) is 29.3. The van der Waals surface area contributed by atoms with Gasteiger partial charge < -0.3 is 9.13 Å². The zero-order valence-electron chi connectivity index (χ0n) is 20.0. The van der Waals surface area contributed by atoms with Gasteiger partial charge in [-0.05, 0) is 35.4 Å². The summed E-state index contributed by atoms with van der Waals surface area (Å²) in [5.74, 6) is -1.14. The van der Waals surface area contributed by atoms with Gasteiger partial charge >= 0.3 is 0 Å². The van der Waals surface area contributed by atoms with Crippen LogP contribution in [0.3, 0.4) is 0 Å². The maximum absolute atomic E-state index is 14.1. The smallest absolute Gasteiger partial charge is 0.251 e. The summed E-state index contributed by atoms with van der Waals surface area (Å²) in [7, 11) is 3.80. The summed E-state index contributed by atoms with van der Waals surface area (Å²) in [5, 5.41) is 0.156. The van der Waals surface area contributed by atoms with Crippen LogP contribution in [0, 0.1) is 0 Å². The Bertz CT molecular complexity index is 1560. The zero-order valence-corrected chi connectivity index (χ0v) is 23.3. The van der Waals surface area contributed by atoms with Crippen molar-refractivity contribution in [1.29, 1.82) is 0 Å². The molecule has 0 spiro atoms. The molecule has 0 N–H and O–H groups in total. The van der Waals surface area contributed by atoms with E-state index in [0.29, 0.717) is 11.1 Å². The quantitative estimate of drug-likeness (QED) is 0.221. The number of anilines is 1. The van der Waals surface area contributed by atoms with Gasteiger partial charge in [-0.1, -0.05) is 65.7 Å². The summed E-state index contributed by atoms with van der Waals surface area (Å²) in [6.07, 6.45) is 3.69. The first-order valence-corrected chi connectivity index (χ1v) is 13.3. The minimum absolute atomic E-state index is 0.111. The van der Waals surface area contributed by atoms with Gasteiger partial charge in [0, 0.05) is 48.3 Å². The highest BCUT2D eigenvalue weighted by Gasteiger charge is 2.37. The van der Waals surface area contributed by atoms with Crippen molar-refractivity contribution in [2.45, 2.75) is 10.5 Å². The molecule has 0 aliphatic carbocycles. The lowest BCUT2D eigenvalue weighted by Gasteiger charge is -2.27.